The van der Waals surface area contributed by atoms with E-state index in [9.17, 15) is 18.0 Å². The maximum atomic E-state index is 12.7. The van der Waals surface area contributed by atoms with Gasteiger partial charge in [0.1, 0.15) is 0 Å². The van der Waals surface area contributed by atoms with Crippen LogP contribution in [0.2, 0.25) is 0 Å². The van der Waals surface area contributed by atoms with Crippen molar-refractivity contribution >= 4 is 22.9 Å². The van der Waals surface area contributed by atoms with Gasteiger partial charge in [-0.15, -0.1) is 0 Å². The topological polar surface area (TPSA) is 37.3 Å². The molecule has 4 nitrogen and oxygen atoms in total. The predicted octanol–water partition coefficient (Wildman–Crippen LogP) is 4.99. The van der Waals surface area contributed by atoms with Crippen LogP contribution in [-0.4, -0.2) is 41.6 Å². The highest BCUT2D eigenvalue weighted by Crippen LogP contribution is 2.44. The maximum Gasteiger partial charge on any atom is 0.416 e. The lowest BCUT2D eigenvalue weighted by Crippen LogP contribution is -2.50. The number of nitrogens with one attached hydrogen (secondary N) is 1. The lowest BCUT2D eigenvalue weighted by Gasteiger charge is -2.45. The largest absolute Gasteiger partial charge is 0.416 e. The van der Waals surface area contributed by atoms with Crippen LogP contribution in [0.4, 0.5) is 13.2 Å². The second-order valence-corrected chi connectivity index (χ2v) is 9.62. The number of nitrogens with zero attached hydrogens (tertiary/aromatic N) is 2. The third kappa shape index (κ3) is 4.25. The molecule has 34 heavy (non-hydrogen) atoms. The molecule has 0 spiro atoms. The summed E-state index contributed by atoms with van der Waals surface area (Å²) in [7, 11) is 4.27. The molecule has 2 aromatic carbocycles. The number of carbonyl (C=O) groups excluding carboxylic acids is 1. The summed E-state index contributed by atoms with van der Waals surface area (Å²) in [5.74, 6) is 0.526. The van der Waals surface area contributed by atoms with E-state index in [0.717, 1.165) is 31.5 Å². The van der Waals surface area contributed by atoms with E-state index in [2.05, 4.69) is 53.3 Å². The number of hydrogen-bond acceptors (Lipinski definition) is 2. The van der Waals surface area contributed by atoms with Crippen molar-refractivity contribution in [2.75, 3.05) is 20.1 Å². The summed E-state index contributed by atoms with van der Waals surface area (Å²) in [4.78, 5) is 14.8. The number of carbonyl (C=O) groups is 1. The van der Waals surface area contributed by atoms with Crippen molar-refractivity contribution in [3.63, 3.8) is 0 Å². The lowest BCUT2D eigenvalue weighted by atomic mass is 9.72. The third-order valence-corrected chi connectivity index (χ3v) is 7.35. The zero-order valence-electron chi connectivity index (χ0n) is 19.3. The van der Waals surface area contributed by atoms with Crippen LogP contribution in [0.25, 0.3) is 17.0 Å². The fourth-order valence-electron chi connectivity index (χ4n) is 5.74. The number of halogens is 3. The van der Waals surface area contributed by atoms with Gasteiger partial charge in [0.15, 0.2) is 0 Å². The van der Waals surface area contributed by atoms with Gasteiger partial charge in [0.05, 0.1) is 5.56 Å². The van der Waals surface area contributed by atoms with Gasteiger partial charge in [0.2, 0.25) is 5.91 Å². The SMILES string of the molecule is CN1C[C@H](CNC(=O)/C=C/c2ccc(C(F)(F)F)cc2)C[C@@H]2c3cccc4c3c(cn4C)C[C@H]21. The van der Waals surface area contributed by atoms with Gasteiger partial charge in [-0.25, -0.2) is 0 Å². The van der Waals surface area contributed by atoms with Gasteiger partial charge >= 0.3 is 6.18 Å². The number of piperidine rings is 1. The Morgan fingerprint density at radius 2 is 1.91 bits per heavy atom. The first-order valence-corrected chi connectivity index (χ1v) is 11.6. The van der Waals surface area contributed by atoms with Crippen molar-refractivity contribution in [3.8, 4) is 0 Å². The number of amides is 1. The van der Waals surface area contributed by atoms with Crippen LogP contribution in [0.15, 0.2) is 54.7 Å². The zero-order chi connectivity index (χ0) is 24.0. The van der Waals surface area contributed by atoms with E-state index in [0.29, 0.717) is 30.0 Å². The normalized spacial score (nSPS) is 22.8. The van der Waals surface area contributed by atoms with Gasteiger partial charge in [-0.1, -0.05) is 24.3 Å². The Morgan fingerprint density at radius 1 is 1.15 bits per heavy atom. The summed E-state index contributed by atoms with van der Waals surface area (Å²) < 4.78 is 40.3. The van der Waals surface area contributed by atoms with Crippen LogP contribution in [0, 0.1) is 5.92 Å². The zero-order valence-corrected chi connectivity index (χ0v) is 19.3. The summed E-state index contributed by atoms with van der Waals surface area (Å²) in [6, 6.07) is 11.8. The van der Waals surface area contributed by atoms with Crippen LogP contribution in [-0.2, 0) is 24.4 Å². The molecular formula is C27H28F3N3O. The number of hydrogen-bond donors (Lipinski definition) is 1. The highest BCUT2D eigenvalue weighted by molar-refractivity contribution is 5.91. The molecule has 1 N–H and O–H groups in total. The lowest BCUT2D eigenvalue weighted by molar-refractivity contribution is -0.137. The predicted molar refractivity (Wildman–Crippen MR) is 127 cm³/mol. The molecule has 3 atom stereocenters. The first kappa shape index (κ1) is 22.7. The molecule has 1 aromatic heterocycles. The molecule has 0 radical (unpaired) electrons. The second-order valence-electron chi connectivity index (χ2n) is 9.62. The van der Waals surface area contributed by atoms with Crippen molar-refractivity contribution in [2.45, 2.75) is 31.0 Å². The minimum atomic E-state index is -4.36. The standard InChI is InChI=1S/C27H28F3N3O/c1-32-15-18(14-31-25(34)11-8-17-6-9-20(10-7-17)27(28,29)30)12-22-21-4-3-5-23-26(21)19(13-24(22)32)16-33(23)2/h3-11,16,18,22,24H,12-15H2,1-2H3,(H,31,34)/b11-8+/t18-,22+,24+/m0/s1. The molecule has 178 valence electrons. The molecular weight excluding hydrogens is 439 g/mol. The average molecular weight is 468 g/mol. The molecule has 1 saturated heterocycles. The minimum absolute atomic E-state index is 0.235. The number of aryl methyl sites for hydroxylation is 1. The number of rotatable bonds is 4. The van der Waals surface area contributed by atoms with Crippen molar-refractivity contribution < 1.29 is 18.0 Å². The highest BCUT2D eigenvalue weighted by Gasteiger charge is 2.39. The van der Waals surface area contributed by atoms with Crippen molar-refractivity contribution in [1.82, 2.24) is 14.8 Å². The van der Waals surface area contributed by atoms with Crippen molar-refractivity contribution in [1.29, 1.82) is 0 Å². The minimum Gasteiger partial charge on any atom is -0.352 e. The molecule has 0 saturated carbocycles. The smallest absolute Gasteiger partial charge is 0.352 e. The Labute approximate surface area is 197 Å². The van der Waals surface area contributed by atoms with E-state index < -0.39 is 11.7 Å². The highest BCUT2D eigenvalue weighted by atomic mass is 19.4. The maximum absolute atomic E-state index is 12.7. The molecule has 1 aliphatic heterocycles. The van der Waals surface area contributed by atoms with Gasteiger partial charge in [-0.05, 0) is 66.8 Å². The molecule has 3 aromatic rings. The number of fused-ring (bicyclic) bond motifs is 2. The van der Waals surface area contributed by atoms with Crippen LogP contribution < -0.4 is 5.32 Å². The average Bonchev–Trinajstić information content (AvgIpc) is 3.13. The second kappa shape index (κ2) is 8.62. The van der Waals surface area contributed by atoms with Crippen LogP contribution >= 0.6 is 0 Å². The van der Waals surface area contributed by atoms with Gasteiger partial charge in [0, 0.05) is 55.3 Å². The van der Waals surface area contributed by atoms with Gasteiger partial charge in [-0.2, -0.15) is 13.2 Å². The van der Waals surface area contributed by atoms with Crippen molar-refractivity contribution in [3.05, 3.63) is 77.0 Å². The number of aromatic nitrogens is 1. The van der Waals surface area contributed by atoms with E-state index in [1.54, 1.807) is 0 Å². The Bertz CT molecular complexity index is 1240. The van der Waals surface area contributed by atoms with E-state index >= 15 is 0 Å². The molecule has 0 bridgehead atoms. The Morgan fingerprint density at radius 3 is 2.65 bits per heavy atom. The molecule has 1 aliphatic carbocycles. The number of likely N-dealkylation sites (N-methyl/N-ethyl adjacent to an activating group) is 1. The summed E-state index contributed by atoms with van der Waals surface area (Å²) in [6.07, 6.45) is 2.88. The van der Waals surface area contributed by atoms with E-state index in [1.165, 1.54) is 46.3 Å². The van der Waals surface area contributed by atoms with E-state index in [4.69, 9.17) is 0 Å². The third-order valence-electron chi connectivity index (χ3n) is 7.35. The monoisotopic (exact) mass is 467 g/mol. The van der Waals surface area contributed by atoms with E-state index in [1.807, 2.05) is 0 Å². The fraction of sp³-hybridized carbons (Fsp3) is 0.370. The summed E-state index contributed by atoms with van der Waals surface area (Å²) >= 11 is 0. The molecule has 7 heteroatoms. The quantitative estimate of drug-likeness (QED) is 0.549. The summed E-state index contributed by atoms with van der Waals surface area (Å²) in [5, 5.41) is 4.38. The van der Waals surface area contributed by atoms with Gasteiger partial charge < -0.3 is 14.8 Å². The summed E-state index contributed by atoms with van der Waals surface area (Å²) in [6.45, 7) is 1.49. The number of likely N-dealkylation sites (tertiary alicyclic amines) is 1. The van der Waals surface area contributed by atoms with Gasteiger partial charge in [-0.3, -0.25) is 4.79 Å². The molecule has 0 unspecified atom stereocenters. The molecule has 2 aliphatic rings. The molecule has 2 heterocycles. The van der Waals surface area contributed by atoms with E-state index in [-0.39, 0.29) is 5.91 Å². The number of alkyl halides is 3. The first-order chi connectivity index (χ1) is 16.2. The van der Waals surface area contributed by atoms with Gasteiger partial charge in [0.25, 0.3) is 0 Å². The Hall–Kier alpha value is -3.06. The first-order valence-electron chi connectivity index (χ1n) is 11.6. The number of benzene rings is 2. The van der Waals surface area contributed by atoms with Crippen LogP contribution in [0.3, 0.4) is 0 Å². The van der Waals surface area contributed by atoms with Crippen LogP contribution in [0.5, 0.6) is 0 Å². The Balaban J connectivity index is 1.23. The molecule has 1 amide bonds. The summed E-state index contributed by atoms with van der Waals surface area (Å²) in [5.41, 5.74) is 3.96. The van der Waals surface area contributed by atoms with Crippen LogP contribution in [0.1, 0.15) is 34.6 Å². The molecule has 1 fully saturated rings. The fourth-order valence-corrected chi connectivity index (χ4v) is 5.74. The molecule has 5 rings (SSSR count). The Kier molecular flexibility index (Phi) is 5.76. The van der Waals surface area contributed by atoms with Crippen molar-refractivity contribution in [2.24, 2.45) is 13.0 Å².